The van der Waals surface area contributed by atoms with E-state index in [1.54, 1.807) is 0 Å². The highest BCUT2D eigenvalue weighted by molar-refractivity contribution is 5.33. The summed E-state index contributed by atoms with van der Waals surface area (Å²) in [6.45, 7) is -1.30. The molecule has 0 heterocycles. The fraction of sp³-hybridized carbons (Fsp3) is 0.300. The summed E-state index contributed by atoms with van der Waals surface area (Å²) in [5, 5.41) is 16.9. The normalized spacial score (nSPS) is 13.3. The van der Waals surface area contributed by atoms with Crippen molar-refractivity contribution in [2.24, 2.45) is 5.73 Å². The minimum atomic E-state index is -3.35. The fourth-order valence-electron chi connectivity index (χ4n) is 1.11. The van der Waals surface area contributed by atoms with Crippen LogP contribution < -0.4 is 5.73 Å². The molecule has 0 fully saturated rings. The minimum absolute atomic E-state index is 0.188. The third kappa shape index (κ3) is 2.49. The van der Waals surface area contributed by atoms with Crippen LogP contribution >= 0.6 is 0 Å². The maximum absolute atomic E-state index is 13.0. The van der Waals surface area contributed by atoms with E-state index in [2.05, 4.69) is 0 Å². The molecule has 0 bridgehead atoms. The van der Waals surface area contributed by atoms with Crippen molar-refractivity contribution in [3.63, 3.8) is 0 Å². The van der Waals surface area contributed by atoms with Crippen molar-refractivity contribution < 1.29 is 13.9 Å². The van der Waals surface area contributed by atoms with E-state index < -0.39 is 18.6 Å². The lowest BCUT2D eigenvalue weighted by molar-refractivity contribution is -0.0711. The zero-order chi connectivity index (χ0) is 11.5. The van der Waals surface area contributed by atoms with Gasteiger partial charge in [-0.3, -0.25) is 0 Å². The molecule has 1 rings (SSSR count). The topological polar surface area (TPSA) is 70.0 Å². The van der Waals surface area contributed by atoms with Crippen LogP contribution in [0.4, 0.5) is 8.78 Å². The largest absolute Gasteiger partial charge is 0.390 e. The van der Waals surface area contributed by atoms with Gasteiger partial charge in [-0.2, -0.15) is 5.26 Å². The summed E-state index contributed by atoms with van der Waals surface area (Å²) in [7, 11) is 0. The van der Waals surface area contributed by atoms with E-state index in [0.717, 1.165) is 0 Å². The van der Waals surface area contributed by atoms with Crippen LogP contribution in [0.15, 0.2) is 24.3 Å². The van der Waals surface area contributed by atoms with Gasteiger partial charge in [0.2, 0.25) is 0 Å². The van der Waals surface area contributed by atoms with Gasteiger partial charge in [-0.15, -0.1) is 0 Å². The smallest absolute Gasteiger partial charge is 0.289 e. The van der Waals surface area contributed by atoms with E-state index in [1.165, 1.54) is 24.3 Å². The standard InChI is InChI=1S/C10H10F2N2O/c11-10(12,6-15)9(14)8-3-1-7(5-13)2-4-8/h1-4,9,15H,6,14H2/t9-/m1/s1. The molecule has 1 aromatic rings. The van der Waals surface area contributed by atoms with Crippen LogP contribution in [-0.4, -0.2) is 17.6 Å². The van der Waals surface area contributed by atoms with Crippen molar-refractivity contribution in [1.82, 2.24) is 0 Å². The number of nitrogens with zero attached hydrogens (tertiary/aromatic N) is 1. The van der Waals surface area contributed by atoms with E-state index in [4.69, 9.17) is 16.1 Å². The van der Waals surface area contributed by atoms with E-state index in [-0.39, 0.29) is 5.56 Å². The van der Waals surface area contributed by atoms with Crippen LogP contribution in [0, 0.1) is 11.3 Å². The first kappa shape index (κ1) is 11.6. The van der Waals surface area contributed by atoms with Crippen LogP contribution in [0.2, 0.25) is 0 Å². The minimum Gasteiger partial charge on any atom is -0.390 e. The Morgan fingerprint density at radius 1 is 1.40 bits per heavy atom. The number of alkyl halides is 2. The Labute approximate surface area is 85.7 Å². The van der Waals surface area contributed by atoms with Crippen LogP contribution in [0.25, 0.3) is 0 Å². The molecular formula is C10H10F2N2O. The van der Waals surface area contributed by atoms with Gasteiger partial charge in [0.05, 0.1) is 17.7 Å². The van der Waals surface area contributed by atoms with Gasteiger partial charge in [-0.25, -0.2) is 8.78 Å². The van der Waals surface area contributed by atoms with Gasteiger partial charge in [0, 0.05) is 0 Å². The van der Waals surface area contributed by atoms with Gasteiger partial charge < -0.3 is 10.8 Å². The molecule has 0 amide bonds. The summed E-state index contributed by atoms with van der Waals surface area (Å²) in [5.74, 6) is -3.35. The molecular weight excluding hydrogens is 202 g/mol. The molecule has 3 N–H and O–H groups in total. The SMILES string of the molecule is N#Cc1ccc([C@@H](N)C(F)(F)CO)cc1. The van der Waals surface area contributed by atoms with Crippen molar-refractivity contribution in [3.8, 4) is 6.07 Å². The summed E-state index contributed by atoms with van der Waals surface area (Å²) in [5.41, 5.74) is 5.84. The summed E-state index contributed by atoms with van der Waals surface area (Å²) in [6, 6.07) is 5.83. The highest BCUT2D eigenvalue weighted by Crippen LogP contribution is 2.28. The lowest BCUT2D eigenvalue weighted by Gasteiger charge is -2.21. The van der Waals surface area contributed by atoms with Gasteiger partial charge in [-0.05, 0) is 17.7 Å². The number of nitriles is 1. The summed E-state index contributed by atoms with van der Waals surface area (Å²) in [4.78, 5) is 0. The molecule has 0 spiro atoms. The molecule has 0 aliphatic carbocycles. The lowest BCUT2D eigenvalue weighted by Crippen LogP contribution is -2.36. The summed E-state index contributed by atoms with van der Waals surface area (Å²) in [6.07, 6.45) is 0. The quantitative estimate of drug-likeness (QED) is 0.790. The number of halogens is 2. The Morgan fingerprint density at radius 3 is 2.33 bits per heavy atom. The molecule has 0 unspecified atom stereocenters. The molecule has 5 heteroatoms. The zero-order valence-corrected chi connectivity index (χ0v) is 7.82. The number of nitrogens with two attached hydrogens (primary N) is 1. The Hall–Kier alpha value is -1.51. The second-order valence-electron chi connectivity index (χ2n) is 3.13. The summed E-state index contributed by atoms with van der Waals surface area (Å²) < 4.78 is 25.9. The number of benzene rings is 1. The van der Waals surface area contributed by atoms with E-state index >= 15 is 0 Å². The highest BCUT2D eigenvalue weighted by Gasteiger charge is 2.37. The average molecular weight is 212 g/mol. The number of aliphatic hydroxyl groups is 1. The average Bonchev–Trinajstić information content (AvgIpc) is 2.28. The molecule has 0 saturated carbocycles. The zero-order valence-electron chi connectivity index (χ0n) is 7.82. The Kier molecular flexibility index (Phi) is 3.35. The number of hydrogen-bond donors (Lipinski definition) is 2. The first-order valence-corrected chi connectivity index (χ1v) is 4.25. The van der Waals surface area contributed by atoms with Crippen LogP contribution in [0.1, 0.15) is 17.2 Å². The van der Waals surface area contributed by atoms with Crippen molar-refractivity contribution in [1.29, 1.82) is 5.26 Å². The van der Waals surface area contributed by atoms with E-state index in [0.29, 0.717) is 5.56 Å². The van der Waals surface area contributed by atoms with Gasteiger partial charge in [0.25, 0.3) is 5.92 Å². The number of aliphatic hydroxyl groups excluding tert-OH is 1. The molecule has 0 radical (unpaired) electrons. The van der Waals surface area contributed by atoms with Crippen LogP contribution in [0.5, 0.6) is 0 Å². The fourth-order valence-corrected chi connectivity index (χ4v) is 1.11. The molecule has 80 valence electrons. The van der Waals surface area contributed by atoms with Crippen LogP contribution in [-0.2, 0) is 0 Å². The Balaban J connectivity index is 2.93. The molecule has 0 aromatic heterocycles. The molecule has 3 nitrogen and oxygen atoms in total. The molecule has 0 saturated heterocycles. The predicted molar refractivity (Wildman–Crippen MR) is 50.1 cm³/mol. The molecule has 1 aromatic carbocycles. The first-order chi connectivity index (χ1) is 7.01. The summed E-state index contributed by atoms with van der Waals surface area (Å²) >= 11 is 0. The van der Waals surface area contributed by atoms with E-state index in [1.807, 2.05) is 6.07 Å². The number of hydrogen-bond acceptors (Lipinski definition) is 3. The van der Waals surface area contributed by atoms with E-state index in [9.17, 15) is 8.78 Å². The third-order valence-electron chi connectivity index (χ3n) is 2.06. The van der Waals surface area contributed by atoms with Crippen molar-refractivity contribution in [2.45, 2.75) is 12.0 Å². The molecule has 0 aliphatic heterocycles. The predicted octanol–water partition coefficient (Wildman–Crippen LogP) is 1.19. The van der Waals surface area contributed by atoms with Gasteiger partial charge in [0.1, 0.15) is 6.61 Å². The second-order valence-corrected chi connectivity index (χ2v) is 3.13. The van der Waals surface area contributed by atoms with Crippen molar-refractivity contribution >= 4 is 0 Å². The first-order valence-electron chi connectivity index (χ1n) is 4.25. The van der Waals surface area contributed by atoms with Gasteiger partial charge in [-0.1, -0.05) is 12.1 Å². The monoisotopic (exact) mass is 212 g/mol. The van der Waals surface area contributed by atoms with Gasteiger partial charge in [0.15, 0.2) is 0 Å². The number of rotatable bonds is 3. The molecule has 15 heavy (non-hydrogen) atoms. The van der Waals surface area contributed by atoms with Gasteiger partial charge >= 0.3 is 0 Å². The van der Waals surface area contributed by atoms with Crippen LogP contribution in [0.3, 0.4) is 0 Å². The third-order valence-corrected chi connectivity index (χ3v) is 2.06. The highest BCUT2D eigenvalue weighted by atomic mass is 19.3. The molecule has 0 aliphatic rings. The van der Waals surface area contributed by atoms with Crippen molar-refractivity contribution in [2.75, 3.05) is 6.61 Å². The second kappa shape index (κ2) is 4.34. The maximum atomic E-state index is 13.0. The lowest BCUT2D eigenvalue weighted by atomic mass is 10.0. The Morgan fingerprint density at radius 2 is 1.93 bits per heavy atom. The van der Waals surface area contributed by atoms with Crippen molar-refractivity contribution in [3.05, 3.63) is 35.4 Å². The Bertz CT molecular complexity index is 370. The maximum Gasteiger partial charge on any atom is 0.289 e. The molecule has 1 atom stereocenters.